The minimum absolute atomic E-state index is 0.153. The van der Waals surface area contributed by atoms with Crippen LogP contribution >= 0.6 is 0 Å². The van der Waals surface area contributed by atoms with Crippen molar-refractivity contribution < 1.29 is 18.6 Å². The average molecular weight is 259 g/mol. The zero-order chi connectivity index (χ0) is 13.3. The van der Waals surface area contributed by atoms with Crippen molar-refractivity contribution in [3.05, 3.63) is 29.8 Å². The molecular formula is C11H17NO4S. The van der Waals surface area contributed by atoms with Crippen LogP contribution in [0, 0.1) is 0 Å². The number of aliphatic hydroxyl groups excluding tert-OH is 1. The Bertz CT molecular complexity index is 477. The van der Waals surface area contributed by atoms with Crippen molar-refractivity contribution >= 4 is 10.0 Å². The normalized spacial score (nSPS) is 15.9. The summed E-state index contributed by atoms with van der Waals surface area (Å²) in [4.78, 5) is 0.153. The molecule has 0 radical (unpaired) electrons. The molecule has 0 bridgehead atoms. The molecule has 1 rings (SSSR count). The predicted octanol–water partition coefficient (Wildman–Crippen LogP) is 0.137. The van der Waals surface area contributed by atoms with E-state index in [2.05, 4.69) is 0 Å². The van der Waals surface area contributed by atoms with Gasteiger partial charge in [-0.3, -0.25) is 0 Å². The fraction of sp³-hybridized carbons (Fsp3) is 0.455. The first-order valence-electron chi connectivity index (χ1n) is 5.08. The second-order valence-electron chi connectivity index (χ2n) is 4.24. The topological polar surface area (TPSA) is 77.8 Å². The van der Waals surface area contributed by atoms with Crippen molar-refractivity contribution in [2.45, 2.75) is 17.4 Å². The third-order valence-electron chi connectivity index (χ3n) is 2.56. The molecule has 0 aromatic heterocycles. The lowest BCUT2D eigenvalue weighted by Crippen LogP contribution is -2.26. The quantitative estimate of drug-likeness (QED) is 0.806. The predicted molar refractivity (Wildman–Crippen MR) is 64.0 cm³/mol. The fourth-order valence-electron chi connectivity index (χ4n) is 1.29. The summed E-state index contributed by atoms with van der Waals surface area (Å²) in [6.45, 7) is 1.04. The summed E-state index contributed by atoms with van der Waals surface area (Å²) < 4.78 is 24.7. The van der Waals surface area contributed by atoms with E-state index in [0.717, 1.165) is 4.31 Å². The average Bonchev–Trinajstić information content (AvgIpc) is 2.29. The second-order valence-corrected chi connectivity index (χ2v) is 6.40. The molecule has 1 unspecified atom stereocenters. The van der Waals surface area contributed by atoms with Gasteiger partial charge in [0.15, 0.2) is 0 Å². The van der Waals surface area contributed by atoms with Gasteiger partial charge in [0.2, 0.25) is 10.0 Å². The van der Waals surface area contributed by atoms with Crippen LogP contribution in [-0.2, 0) is 15.6 Å². The van der Waals surface area contributed by atoms with E-state index < -0.39 is 22.2 Å². The Morgan fingerprint density at radius 2 is 1.71 bits per heavy atom. The molecule has 0 aliphatic rings. The molecule has 0 spiro atoms. The Morgan fingerprint density at radius 3 is 2.06 bits per heavy atom. The highest BCUT2D eigenvalue weighted by Crippen LogP contribution is 2.22. The zero-order valence-electron chi connectivity index (χ0n) is 10.1. The zero-order valence-corrected chi connectivity index (χ0v) is 10.9. The van der Waals surface area contributed by atoms with Gasteiger partial charge in [-0.2, -0.15) is 0 Å². The number of nitrogens with zero attached hydrogens (tertiary/aromatic N) is 1. The Balaban J connectivity index is 3.14. The Kier molecular flexibility index (Phi) is 3.93. The maximum Gasteiger partial charge on any atom is 0.242 e. The Labute approximate surface area is 101 Å². The van der Waals surface area contributed by atoms with E-state index in [1.807, 2.05) is 0 Å². The van der Waals surface area contributed by atoms with Gasteiger partial charge in [-0.05, 0) is 24.6 Å². The molecular weight excluding hydrogens is 242 g/mol. The summed E-state index contributed by atoms with van der Waals surface area (Å²) in [6, 6.07) is 5.81. The molecule has 17 heavy (non-hydrogen) atoms. The molecule has 2 N–H and O–H groups in total. The van der Waals surface area contributed by atoms with Crippen molar-refractivity contribution in [2.24, 2.45) is 0 Å². The van der Waals surface area contributed by atoms with Gasteiger partial charge in [-0.25, -0.2) is 12.7 Å². The fourth-order valence-corrected chi connectivity index (χ4v) is 2.19. The van der Waals surface area contributed by atoms with Crippen LogP contribution in [0.15, 0.2) is 29.2 Å². The molecule has 1 atom stereocenters. The number of sulfonamides is 1. The van der Waals surface area contributed by atoms with E-state index in [4.69, 9.17) is 5.11 Å². The minimum atomic E-state index is -3.46. The first-order valence-corrected chi connectivity index (χ1v) is 6.52. The van der Waals surface area contributed by atoms with Crippen molar-refractivity contribution in [3.63, 3.8) is 0 Å². The first-order chi connectivity index (χ1) is 7.71. The second kappa shape index (κ2) is 4.73. The van der Waals surface area contributed by atoms with Crippen LogP contribution in [0.2, 0.25) is 0 Å². The van der Waals surface area contributed by atoms with E-state index in [1.54, 1.807) is 0 Å². The van der Waals surface area contributed by atoms with Crippen molar-refractivity contribution in [1.82, 2.24) is 4.31 Å². The van der Waals surface area contributed by atoms with Gasteiger partial charge in [-0.15, -0.1) is 0 Å². The van der Waals surface area contributed by atoms with Gasteiger partial charge in [-0.1, -0.05) is 12.1 Å². The van der Waals surface area contributed by atoms with Crippen molar-refractivity contribution in [2.75, 3.05) is 20.7 Å². The lowest BCUT2D eigenvalue weighted by Gasteiger charge is -2.21. The van der Waals surface area contributed by atoms with Gasteiger partial charge in [0.05, 0.1) is 11.5 Å². The van der Waals surface area contributed by atoms with Crippen LogP contribution in [0.5, 0.6) is 0 Å². The molecule has 5 nitrogen and oxygen atoms in total. The first kappa shape index (κ1) is 14.1. The highest BCUT2D eigenvalue weighted by molar-refractivity contribution is 7.89. The van der Waals surface area contributed by atoms with Crippen LogP contribution < -0.4 is 0 Å². The van der Waals surface area contributed by atoms with Gasteiger partial charge in [0.1, 0.15) is 5.60 Å². The summed E-state index contributed by atoms with van der Waals surface area (Å²) in [5.41, 5.74) is -0.891. The van der Waals surface area contributed by atoms with Crippen molar-refractivity contribution in [1.29, 1.82) is 0 Å². The standard InChI is InChI=1S/C11H17NO4S/c1-11(14,8-13)9-4-6-10(7-5-9)17(15,16)12(2)3/h4-7,13-14H,8H2,1-3H3. The molecule has 0 heterocycles. The lowest BCUT2D eigenvalue weighted by atomic mass is 9.97. The SMILES string of the molecule is CN(C)S(=O)(=O)c1ccc(C(C)(O)CO)cc1. The number of hydrogen-bond donors (Lipinski definition) is 2. The molecule has 96 valence electrons. The van der Waals surface area contributed by atoms with E-state index >= 15 is 0 Å². The summed E-state index contributed by atoms with van der Waals surface area (Å²) in [6.07, 6.45) is 0. The van der Waals surface area contributed by atoms with E-state index in [1.165, 1.54) is 45.3 Å². The number of aliphatic hydroxyl groups is 2. The summed E-state index contributed by atoms with van der Waals surface area (Å²) in [5.74, 6) is 0. The van der Waals surface area contributed by atoms with Crippen LogP contribution in [0.25, 0.3) is 0 Å². The van der Waals surface area contributed by atoms with Crippen LogP contribution in [0.3, 0.4) is 0 Å². The maximum atomic E-state index is 11.8. The van der Waals surface area contributed by atoms with Gasteiger partial charge < -0.3 is 10.2 Å². The van der Waals surface area contributed by atoms with E-state index in [-0.39, 0.29) is 4.90 Å². The molecule has 0 saturated carbocycles. The van der Waals surface area contributed by atoms with Crippen LogP contribution in [0.1, 0.15) is 12.5 Å². The molecule has 0 aliphatic carbocycles. The lowest BCUT2D eigenvalue weighted by molar-refractivity contribution is -0.00232. The van der Waals surface area contributed by atoms with Gasteiger partial charge in [0, 0.05) is 14.1 Å². The molecule has 6 heteroatoms. The summed E-state index contributed by atoms with van der Waals surface area (Å²) >= 11 is 0. The monoisotopic (exact) mass is 259 g/mol. The number of hydrogen-bond acceptors (Lipinski definition) is 4. The Hall–Kier alpha value is -0.950. The molecule has 0 fully saturated rings. The molecule has 0 saturated heterocycles. The van der Waals surface area contributed by atoms with Gasteiger partial charge >= 0.3 is 0 Å². The highest BCUT2D eigenvalue weighted by Gasteiger charge is 2.23. The van der Waals surface area contributed by atoms with E-state index in [0.29, 0.717) is 5.56 Å². The smallest absolute Gasteiger partial charge is 0.242 e. The largest absolute Gasteiger partial charge is 0.393 e. The number of rotatable bonds is 4. The maximum absolute atomic E-state index is 11.8. The number of benzene rings is 1. The van der Waals surface area contributed by atoms with Gasteiger partial charge in [0.25, 0.3) is 0 Å². The highest BCUT2D eigenvalue weighted by atomic mass is 32.2. The third-order valence-corrected chi connectivity index (χ3v) is 4.39. The third kappa shape index (κ3) is 2.84. The summed E-state index contributed by atoms with van der Waals surface area (Å²) in [7, 11) is -0.554. The Morgan fingerprint density at radius 1 is 1.24 bits per heavy atom. The van der Waals surface area contributed by atoms with Crippen LogP contribution in [0.4, 0.5) is 0 Å². The molecule has 0 amide bonds. The minimum Gasteiger partial charge on any atom is -0.393 e. The van der Waals surface area contributed by atoms with Crippen LogP contribution in [-0.4, -0.2) is 43.6 Å². The van der Waals surface area contributed by atoms with E-state index in [9.17, 15) is 13.5 Å². The molecule has 1 aromatic carbocycles. The van der Waals surface area contributed by atoms with Crippen molar-refractivity contribution in [3.8, 4) is 0 Å². The molecule has 1 aromatic rings. The molecule has 0 aliphatic heterocycles. The summed E-state index contributed by atoms with van der Waals surface area (Å²) in [5, 5.41) is 18.8.